The Morgan fingerprint density at radius 2 is 1.15 bits per heavy atom. The lowest BCUT2D eigenvalue weighted by atomic mass is 9.99. The molecule has 0 aliphatic heterocycles. The quantitative estimate of drug-likeness (QED) is 0.272. The van der Waals surface area contributed by atoms with Crippen LogP contribution < -0.4 is 0 Å². The summed E-state index contributed by atoms with van der Waals surface area (Å²) in [6.07, 6.45) is 13.2. The highest BCUT2D eigenvalue weighted by Crippen LogP contribution is 2.19. The summed E-state index contributed by atoms with van der Waals surface area (Å²) >= 11 is 0. The van der Waals surface area contributed by atoms with E-state index in [9.17, 15) is 0 Å². The highest BCUT2D eigenvalue weighted by Gasteiger charge is 2.00. The van der Waals surface area contributed by atoms with E-state index in [1.54, 1.807) is 11.1 Å². The van der Waals surface area contributed by atoms with Gasteiger partial charge in [0.25, 0.3) is 0 Å². The van der Waals surface area contributed by atoms with Gasteiger partial charge in [0.1, 0.15) is 0 Å². The number of allylic oxidation sites excluding steroid dienone is 2. The average molecular weight is 284 g/mol. The summed E-state index contributed by atoms with van der Waals surface area (Å²) in [5.41, 5.74) is 3.16. The summed E-state index contributed by atoms with van der Waals surface area (Å²) < 4.78 is 0. The van der Waals surface area contributed by atoms with Gasteiger partial charge in [-0.3, -0.25) is 0 Å². The highest BCUT2D eigenvalue weighted by molar-refractivity contribution is 5.09. The van der Waals surface area contributed by atoms with Gasteiger partial charge in [-0.2, -0.15) is 0 Å². The smallest absolute Gasteiger partial charge is 0.151 e. The lowest BCUT2D eigenvalue weighted by molar-refractivity contribution is -0.0465. The predicted octanol–water partition coefficient (Wildman–Crippen LogP) is 5.33. The molecule has 0 bridgehead atoms. The molecule has 2 nitrogen and oxygen atoms in total. The molecule has 0 saturated heterocycles. The first kappa shape index (κ1) is 19.7. The molecule has 0 aromatic carbocycles. The van der Waals surface area contributed by atoms with Crippen molar-refractivity contribution in [1.82, 2.24) is 0 Å². The number of hydrogen-bond acceptors (Lipinski definition) is 2. The molecule has 0 aromatic heterocycles. The second kappa shape index (κ2) is 13.6. The van der Waals surface area contributed by atoms with Crippen LogP contribution in [0.3, 0.4) is 0 Å². The molecule has 0 atom stereocenters. The Kier molecular flexibility index (Phi) is 13.4. The van der Waals surface area contributed by atoms with E-state index in [2.05, 4.69) is 20.8 Å². The van der Waals surface area contributed by atoms with Crippen LogP contribution >= 0.6 is 0 Å². The zero-order valence-corrected chi connectivity index (χ0v) is 14.0. The SMILES string of the molecule is CCCCCCC/C(C)=C(\C)CCCCCCC(O)O. The van der Waals surface area contributed by atoms with Crippen molar-refractivity contribution in [2.45, 2.75) is 104 Å². The summed E-state index contributed by atoms with van der Waals surface area (Å²) in [7, 11) is 0. The molecule has 0 aliphatic carbocycles. The summed E-state index contributed by atoms with van der Waals surface area (Å²) in [5, 5.41) is 17.5. The van der Waals surface area contributed by atoms with E-state index in [1.165, 1.54) is 57.8 Å². The van der Waals surface area contributed by atoms with Crippen LogP contribution in [0.5, 0.6) is 0 Å². The van der Waals surface area contributed by atoms with E-state index in [-0.39, 0.29) is 0 Å². The minimum Gasteiger partial charge on any atom is -0.368 e. The van der Waals surface area contributed by atoms with Gasteiger partial charge in [-0.1, -0.05) is 56.6 Å². The minimum atomic E-state index is -1.12. The van der Waals surface area contributed by atoms with E-state index >= 15 is 0 Å². The fourth-order valence-corrected chi connectivity index (χ4v) is 2.49. The van der Waals surface area contributed by atoms with Gasteiger partial charge in [0.2, 0.25) is 0 Å². The summed E-state index contributed by atoms with van der Waals surface area (Å²) in [6.45, 7) is 6.83. The third-order valence-electron chi connectivity index (χ3n) is 4.15. The van der Waals surface area contributed by atoms with Crippen LogP contribution in [-0.4, -0.2) is 16.5 Å². The standard InChI is InChI=1S/C18H36O2/c1-4-5-6-7-10-13-16(2)17(3)14-11-8-9-12-15-18(19)20/h18-20H,4-15H2,1-3H3/b17-16+. The molecular formula is C18H36O2. The van der Waals surface area contributed by atoms with E-state index in [0.29, 0.717) is 6.42 Å². The number of rotatable bonds is 13. The Balaban J connectivity index is 3.55. The number of aliphatic hydroxyl groups is 2. The molecule has 0 radical (unpaired) electrons. The van der Waals surface area contributed by atoms with E-state index in [1.807, 2.05) is 0 Å². The largest absolute Gasteiger partial charge is 0.368 e. The second-order valence-corrected chi connectivity index (χ2v) is 6.16. The third kappa shape index (κ3) is 12.7. The van der Waals surface area contributed by atoms with Gasteiger partial charge in [0, 0.05) is 0 Å². The molecule has 2 heteroatoms. The van der Waals surface area contributed by atoms with Crippen LogP contribution in [0, 0.1) is 0 Å². The highest BCUT2D eigenvalue weighted by atomic mass is 16.5. The van der Waals surface area contributed by atoms with Crippen LogP contribution in [0.4, 0.5) is 0 Å². The van der Waals surface area contributed by atoms with E-state index < -0.39 is 6.29 Å². The zero-order chi connectivity index (χ0) is 15.2. The Morgan fingerprint density at radius 3 is 1.60 bits per heavy atom. The van der Waals surface area contributed by atoms with Gasteiger partial charge < -0.3 is 10.2 Å². The number of hydrogen-bond donors (Lipinski definition) is 2. The molecule has 0 spiro atoms. The molecule has 120 valence electrons. The minimum absolute atomic E-state index is 0.519. The van der Waals surface area contributed by atoms with Crippen molar-refractivity contribution >= 4 is 0 Å². The molecule has 0 rings (SSSR count). The van der Waals surface area contributed by atoms with Gasteiger partial charge in [-0.15, -0.1) is 0 Å². The molecule has 20 heavy (non-hydrogen) atoms. The van der Waals surface area contributed by atoms with Crippen molar-refractivity contribution in [3.8, 4) is 0 Å². The maximum absolute atomic E-state index is 8.75. The summed E-state index contributed by atoms with van der Waals surface area (Å²) in [4.78, 5) is 0. The maximum atomic E-state index is 8.75. The van der Waals surface area contributed by atoms with Crippen LogP contribution in [0.15, 0.2) is 11.1 Å². The van der Waals surface area contributed by atoms with Crippen LogP contribution in [-0.2, 0) is 0 Å². The first-order chi connectivity index (χ1) is 9.57. The molecule has 2 N–H and O–H groups in total. The lowest BCUT2D eigenvalue weighted by Crippen LogP contribution is -2.02. The first-order valence-electron chi connectivity index (χ1n) is 8.59. The monoisotopic (exact) mass is 284 g/mol. The fraction of sp³-hybridized carbons (Fsp3) is 0.889. The molecular weight excluding hydrogens is 248 g/mol. The van der Waals surface area contributed by atoms with Crippen molar-refractivity contribution in [1.29, 1.82) is 0 Å². The van der Waals surface area contributed by atoms with E-state index in [4.69, 9.17) is 10.2 Å². The van der Waals surface area contributed by atoms with Crippen LogP contribution in [0.25, 0.3) is 0 Å². The second-order valence-electron chi connectivity index (χ2n) is 6.16. The molecule has 0 heterocycles. The third-order valence-corrected chi connectivity index (χ3v) is 4.15. The zero-order valence-electron chi connectivity index (χ0n) is 14.0. The average Bonchev–Trinajstić information content (AvgIpc) is 2.41. The maximum Gasteiger partial charge on any atom is 0.151 e. The van der Waals surface area contributed by atoms with Crippen molar-refractivity contribution in [2.24, 2.45) is 0 Å². The fourth-order valence-electron chi connectivity index (χ4n) is 2.49. The molecule has 0 unspecified atom stereocenters. The Hall–Kier alpha value is -0.340. The van der Waals surface area contributed by atoms with E-state index in [0.717, 1.165) is 12.8 Å². The molecule has 0 aromatic rings. The lowest BCUT2D eigenvalue weighted by Gasteiger charge is -2.08. The van der Waals surface area contributed by atoms with Gasteiger partial charge >= 0.3 is 0 Å². The van der Waals surface area contributed by atoms with Gasteiger partial charge in [-0.05, 0) is 52.4 Å². The van der Waals surface area contributed by atoms with Gasteiger partial charge in [0.05, 0.1) is 0 Å². The molecule has 0 fully saturated rings. The number of unbranched alkanes of at least 4 members (excludes halogenated alkanes) is 7. The normalized spacial score (nSPS) is 12.9. The summed E-state index contributed by atoms with van der Waals surface area (Å²) in [5.74, 6) is 0. The van der Waals surface area contributed by atoms with Crippen LogP contribution in [0.1, 0.15) is 97.8 Å². The molecule has 0 aliphatic rings. The van der Waals surface area contributed by atoms with Crippen molar-refractivity contribution in [3.05, 3.63) is 11.1 Å². The van der Waals surface area contributed by atoms with Gasteiger partial charge in [0.15, 0.2) is 6.29 Å². The Morgan fingerprint density at radius 1 is 0.700 bits per heavy atom. The Bertz CT molecular complexity index is 244. The van der Waals surface area contributed by atoms with Crippen molar-refractivity contribution in [3.63, 3.8) is 0 Å². The van der Waals surface area contributed by atoms with Gasteiger partial charge in [-0.25, -0.2) is 0 Å². The van der Waals surface area contributed by atoms with Crippen molar-refractivity contribution < 1.29 is 10.2 Å². The first-order valence-corrected chi connectivity index (χ1v) is 8.59. The Labute approximate surface area is 126 Å². The van der Waals surface area contributed by atoms with Crippen molar-refractivity contribution in [2.75, 3.05) is 0 Å². The summed E-state index contributed by atoms with van der Waals surface area (Å²) in [6, 6.07) is 0. The van der Waals surface area contributed by atoms with Crippen LogP contribution in [0.2, 0.25) is 0 Å². The number of aliphatic hydroxyl groups excluding tert-OH is 1. The molecule has 0 amide bonds. The predicted molar refractivity (Wildman–Crippen MR) is 87.7 cm³/mol. The topological polar surface area (TPSA) is 40.5 Å². The molecule has 0 saturated carbocycles.